The highest BCUT2D eigenvalue weighted by molar-refractivity contribution is 6.31. The number of benzene rings is 2. The zero-order valence-corrected chi connectivity index (χ0v) is 17.1. The number of carbonyl (C=O) groups excluding carboxylic acids is 2. The van der Waals surface area contributed by atoms with E-state index in [0.29, 0.717) is 22.0 Å². The molecule has 0 spiro atoms. The summed E-state index contributed by atoms with van der Waals surface area (Å²) in [6, 6.07) is 10.5. The molecule has 0 bridgehead atoms. The first-order valence-electron chi connectivity index (χ1n) is 8.73. The molecule has 2 aromatic rings. The molecule has 0 saturated carbocycles. The molecule has 27 heavy (non-hydrogen) atoms. The quantitative estimate of drug-likeness (QED) is 0.793. The van der Waals surface area contributed by atoms with Crippen molar-refractivity contribution in [2.24, 2.45) is 0 Å². The Balaban J connectivity index is 2.04. The van der Waals surface area contributed by atoms with Crippen molar-refractivity contribution in [2.45, 2.75) is 26.7 Å². The number of aryl methyl sites for hydroxylation is 1. The van der Waals surface area contributed by atoms with Crippen molar-refractivity contribution in [1.82, 2.24) is 4.90 Å². The van der Waals surface area contributed by atoms with Gasteiger partial charge in [-0.1, -0.05) is 31.5 Å². The van der Waals surface area contributed by atoms with Gasteiger partial charge in [0.15, 0.2) is 6.61 Å². The third-order valence-corrected chi connectivity index (χ3v) is 4.40. The molecular formula is C21H25ClN2O3. The van der Waals surface area contributed by atoms with Crippen LogP contribution in [0.4, 0.5) is 5.69 Å². The van der Waals surface area contributed by atoms with Crippen molar-refractivity contribution >= 4 is 29.1 Å². The monoisotopic (exact) mass is 388 g/mol. The van der Waals surface area contributed by atoms with Gasteiger partial charge in [0.2, 0.25) is 0 Å². The molecule has 0 heterocycles. The topological polar surface area (TPSA) is 58.6 Å². The molecule has 0 aliphatic heterocycles. The van der Waals surface area contributed by atoms with E-state index in [9.17, 15) is 9.59 Å². The summed E-state index contributed by atoms with van der Waals surface area (Å²) in [7, 11) is 3.36. The van der Waals surface area contributed by atoms with E-state index in [2.05, 4.69) is 19.2 Å². The first kappa shape index (κ1) is 20.8. The fraction of sp³-hybridized carbons (Fsp3) is 0.333. The van der Waals surface area contributed by atoms with Crippen LogP contribution in [0, 0.1) is 6.92 Å². The molecule has 2 rings (SSSR count). The SMILES string of the molecule is Cc1cc(Cl)c(C(C)C)cc1OCC(=O)Nc1cccc(C(=O)N(C)C)c1. The van der Waals surface area contributed by atoms with Crippen LogP contribution in [-0.4, -0.2) is 37.4 Å². The maximum absolute atomic E-state index is 12.2. The van der Waals surface area contributed by atoms with Crippen molar-refractivity contribution in [3.8, 4) is 5.75 Å². The second-order valence-electron chi connectivity index (χ2n) is 6.91. The summed E-state index contributed by atoms with van der Waals surface area (Å²) in [5, 5.41) is 3.45. The maximum atomic E-state index is 12.2. The summed E-state index contributed by atoms with van der Waals surface area (Å²) in [6.07, 6.45) is 0. The van der Waals surface area contributed by atoms with E-state index < -0.39 is 0 Å². The number of nitrogens with one attached hydrogen (secondary N) is 1. The van der Waals surface area contributed by atoms with Crippen LogP contribution in [-0.2, 0) is 4.79 Å². The van der Waals surface area contributed by atoms with Crippen LogP contribution in [0.25, 0.3) is 0 Å². The molecule has 0 unspecified atom stereocenters. The van der Waals surface area contributed by atoms with Gasteiger partial charge in [-0.25, -0.2) is 0 Å². The van der Waals surface area contributed by atoms with Gasteiger partial charge in [0, 0.05) is 30.4 Å². The molecule has 5 nitrogen and oxygen atoms in total. The molecule has 0 fully saturated rings. The van der Waals surface area contributed by atoms with Gasteiger partial charge in [-0.2, -0.15) is 0 Å². The van der Waals surface area contributed by atoms with Crippen LogP contribution in [0.1, 0.15) is 41.3 Å². The molecule has 0 radical (unpaired) electrons. The average Bonchev–Trinajstić information content (AvgIpc) is 2.60. The number of ether oxygens (including phenoxy) is 1. The number of carbonyl (C=O) groups is 2. The number of halogens is 1. The van der Waals surface area contributed by atoms with E-state index in [1.54, 1.807) is 38.4 Å². The minimum absolute atomic E-state index is 0.125. The summed E-state index contributed by atoms with van der Waals surface area (Å²) in [5.74, 6) is 0.464. The summed E-state index contributed by atoms with van der Waals surface area (Å²) >= 11 is 6.26. The Kier molecular flexibility index (Phi) is 6.86. The summed E-state index contributed by atoms with van der Waals surface area (Å²) in [4.78, 5) is 25.7. The molecule has 0 aliphatic carbocycles. The lowest BCUT2D eigenvalue weighted by Gasteiger charge is -2.15. The molecule has 6 heteroatoms. The maximum Gasteiger partial charge on any atom is 0.262 e. The predicted molar refractivity (Wildman–Crippen MR) is 109 cm³/mol. The first-order valence-corrected chi connectivity index (χ1v) is 9.11. The summed E-state index contributed by atoms with van der Waals surface area (Å²) in [6.45, 7) is 5.86. The second kappa shape index (κ2) is 8.91. The number of rotatable bonds is 6. The minimum atomic E-state index is -0.301. The van der Waals surface area contributed by atoms with Crippen molar-refractivity contribution in [1.29, 1.82) is 0 Å². The third-order valence-electron chi connectivity index (χ3n) is 4.07. The number of hydrogen-bond donors (Lipinski definition) is 1. The molecule has 2 amide bonds. The Bertz CT molecular complexity index is 847. The first-order chi connectivity index (χ1) is 12.7. The normalized spacial score (nSPS) is 10.6. The van der Waals surface area contributed by atoms with Crippen molar-refractivity contribution < 1.29 is 14.3 Å². The highest BCUT2D eigenvalue weighted by Gasteiger charge is 2.13. The van der Waals surface area contributed by atoms with Gasteiger partial charge in [-0.15, -0.1) is 0 Å². The molecular weight excluding hydrogens is 364 g/mol. The lowest BCUT2D eigenvalue weighted by atomic mass is 10.0. The Morgan fingerprint density at radius 3 is 2.52 bits per heavy atom. The minimum Gasteiger partial charge on any atom is -0.483 e. The van der Waals surface area contributed by atoms with Crippen molar-refractivity contribution in [2.75, 3.05) is 26.0 Å². The number of amides is 2. The number of hydrogen-bond acceptors (Lipinski definition) is 3. The molecule has 0 saturated heterocycles. The van der Waals surface area contributed by atoms with Crippen molar-refractivity contribution in [3.63, 3.8) is 0 Å². The number of anilines is 1. The van der Waals surface area contributed by atoms with E-state index in [1.165, 1.54) is 4.90 Å². The Labute approximate surface area is 165 Å². The van der Waals surface area contributed by atoms with Crippen LogP contribution in [0.3, 0.4) is 0 Å². The van der Waals surface area contributed by atoms with Gasteiger partial charge >= 0.3 is 0 Å². The van der Waals surface area contributed by atoms with Gasteiger partial charge in [-0.05, 0) is 54.3 Å². The Morgan fingerprint density at radius 2 is 1.89 bits per heavy atom. The fourth-order valence-corrected chi connectivity index (χ4v) is 3.03. The highest BCUT2D eigenvalue weighted by atomic mass is 35.5. The van der Waals surface area contributed by atoms with Crippen molar-refractivity contribution in [3.05, 3.63) is 58.1 Å². The zero-order valence-electron chi connectivity index (χ0n) is 16.3. The standard InChI is InChI=1S/C21H25ClN2O3/c1-13(2)17-11-19(14(3)9-18(17)22)27-12-20(25)23-16-8-6-7-15(10-16)21(26)24(4)5/h6-11,13H,12H2,1-5H3,(H,23,25). The molecule has 0 aromatic heterocycles. The van der Waals surface area contributed by atoms with Gasteiger partial charge in [-0.3, -0.25) is 9.59 Å². The van der Waals surface area contributed by atoms with Gasteiger partial charge in [0.05, 0.1) is 0 Å². The van der Waals surface area contributed by atoms with E-state index in [1.807, 2.05) is 19.1 Å². The van der Waals surface area contributed by atoms with Crippen LogP contribution < -0.4 is 10.1 Å². The lowest BCUT2D eigenvalue weighted by molar-refractivity contribution is -0.118. The van der Waals surface area contributed by atoms with E-state index in [4.69, 9.17) is 16.3 Å². The van der Waals surface area contributed by atoms with Crippen LogP contribution in [0.5, 0.6) is 5.75 Å². The van der Waals surface area contributed by atoms with E-state index in [0.717, 1.165) is 11.1 Å². The zero-order chi connectivity index (χ0) is 20.1. The average molecular weight is 389 g/mol. The summed E-state index contributed by atoms with van der Waals surface area (Å²) in [5.41, 5.74) is 2.91. The molecule has 0 aliphatic rings. The largest absolute Gasteiger partial charge is 0.483 e. The van der Waals surface area contributed by atoms with Crippen LogP contribution >= 0.6 is 11.6 Å². The summed E-state index contributed by atoms with van der Waals surface area (Å²) < 4.78 is 5.69. The van der Waals surface area contributed by atoms with Crippen LogP contribution in [0.15, 0.2) is 36.4 Å². The molecule has 144 valence electrons. The second-order valence-corrected chi connectivity index (χ2v) is 7.32. The highest BCUT2D eigenvalue weighted by Crippen LogP contribution is 2.31. The van der Waals surface area contributed by atoms with Gasteiger partial charge in [0.1, 0.15) is 5.75 Å². The van der Waals surface area contributed by atoms with E-state index in [-0.39, 0.29) is 24.3 Å². The molecule has 2 aromatic carbocycles. The molecule has 1 N–H and O–H groups in total. The fourth-order valence-electron chi connectivity index (χ4n) is 2.60. The van der Waals surface area contributed by atoms with Gasteiger partial charge in [0.25, 0.3) is 11.8 Å². The smallest absolute Gasteiger partial charge is 0.262 e. The Hall–Kier alpha value is -2.53. The Morgan fingerprint density at radius 1 is 1.19 bits per heavy atom. The van der Waals surface area contributed by atoms with Crippen LogP contribution in [0.2, 0.25) is 5.02 Å². The van der Waals surface area contributed by atoms with Gasteiger partial charge < -0.3 is 15.0 Å². The molecule has 0 atom stereocenters. The lowest BCUT2D eigenvalue weighted by Crippen LogP contribution is -2.23. The van der Waals surface area contributed by atoms with E-state index >= 15 is 0 Å². The number of nitrogens with zero attached hydrogens (tertiary/aromatic N) is 1. The third kappa shape index (κ3) is 5.47. The predicted octanol–water partition coefficient (Wildman–Crippen LogP) is 4.49.